The van der Waals surface area contributed by atoms with E-state index in [0.717, 1.165) is 12.0 Å². The number of carbonyl (C=O) groups is 1. The van der Waals surface area contributed by atoms with Crippen molar-refractivity contribution in [1.29, 1.82) is 0 Å². The van der Waals surface area contributed by atoms with Gasteiger partial charge in [0.25, 0.3) is 15.9 Å². The highest BCUT2D eigenvalue weighted by atomic mass is 32.2. The Morgan fingerprint density at radius 1 is 1.18 bits per heavy atom. The van der Waals surface area contributed by atoms with Gasteiger partial charge in [-0.2, -0.15) is 0 Å². The first kappa shape index (κ1) is 21.3. The summed E-state index contributed by atoms with van der Waals surface area (Å²) in [7, 11) is -3.95. The van der Waals surface area contributed by atoms with E-state index in [9.17, 15) is 23.3 Å². The molecule has 0 spiro atoms. The van der Waals surface area contributed by atoms with Crippen LogP contribution in [-0.2, 0) is 14.8 Å². The number of amides is 1. The van der Waals surface area contributed by atoms with Crippen molar-refractivity contribution in [3.8, 4) is 5.75 Å². The van der Waals surface area contributed by atoms with Crippen molar-refractivity contribution in [3.05, 3.63) is 64.2 Å². The molecule has 0 radical (unpaired) electrons. The van der Waals surface area contributed by atoms with Gasteiger partial charge in [-0.25, -0.2) is 8.42 Å². The zero-order chi connectivity index (χ0) is 20.7. The lowest BCUT2D eigenvalue weighted by Crippen LogP contribution is -2.43. The van der Waals surface area contributed by atoms with Gasteiger partial charge in [0.2, 0.25) is 0 Å². The normalized spacial score (nSPS) is 12.2. The minimum atomic E-state index is -3.95. The molecule has 2 N–H and O–H groups in total. The van der Waals surface area contributed by atoms with E-state index in [-0.39, 0.29) is 16.3 Å². The van der Waals surface area contributed by atoms with Gasteiger partial charge in [0.1, 0.15) is 0 Å². The number of ether oxygens (including phenoxy) is 1. The van der Waals surface area contributed by atoms with Crippen molar-refractivity contribution < 1.29 is 22.9 Å². The SMILES string of the molecule is CC[C@@H](C)c1ccc(S(=O)(=O)NNC(=O)COc2ccccc2[N+](=O)[O-])cc1. The monoisotopic (exact) mass is 407 g/mol. The van der Waals surface area contributed by atoms with Crippen molar-refractivity contribution in [3.63, 3.8) is 0 Å². The molecule has 0 saturated carbocycles. The van der Waals surface area contributed by atoms with Crippen molar-refractivity contribution in [2.75, 3.05) is 6.61 Å². The van der Waals surface area contributed by atoms with Crippen LogP contribution in [0.4, 0.5) is 5.69 Å². The standard InChI is InChI=1S/C18H21N3O6S/c1-3-13(2)14-8-10-15(11-9-14)28(25,26)20-19-18(22)12-27-17-7-5-4-6-16(17)21(23)24/h4-11,13,20H,3,12H2,1-2H3,(H,19,22)/t13-/m1/s1. The van der Waals surface area contributed by atoms with Crippen LogP contribution in [0.1, 0.15) is 31.7 Å². The summed E-state index contributed by atoms with van der Waals surface area (Å²) in [5.74, 6) is -0.590. The van der Waals surface area contributed by atoms with Crippen molar-refractivity contribution >= 4 is 21.6 Å². The molecule has 0 unspecified atom stereocenters. The molecule has 2 aromatic rings. The van der Waals surface area contributed by atoms with Crippen molar-refractivity contribution in [1.82, 2.24) is 10.3 Å². The predicted octanol–water partition coefficient (Wildman–Crippen LogP) is 2.50. The van der Waals surface area contributed by atoms with Gasteiger partial charge in [0, 0.05) is 6.07 Å². The number of hydrogen-bond donors (Lipinski definition) is 2. The summed E-state index contributed by atoms with van der Waals surface area (Å²) in [4.78, 5) is 24.1. The minimum Gasteiger partial charge on any atom is -0.477 e. The number of sulfonamides is 1. The first-order valence-electron chi connectivity index (χ1n) is 8.51. The van der Waals surface area contributed by atoms with Crippen LogP contribution in [0.2, 0.25) is 0 Å². The van der Waals surface area contributed by atoms with Crippen molar-refractivity contribution in [2.45, 2.75) is 31.1 Å². The quantitative estimate of drug-likeness (QED) is 0.486. The summed E-state index contributed by atoms with van der Waals surface area (Å²) in [5, 5.41) is 10.9. The van der Waals surface area contributed by atoms with Gasteiger partial charge < -0.3 is 4.74 Å². The topological polar surface area (TPSA) is 128 Å². The molecule has 150 valence electrons. The summed E-state index contributed by atoms with van der Waals surface area (Å²) < 4.78 is 29.6. The second-order valence-corrected chi connectivity index (χ2v) is 7.73. The molecular weight excluding hydrogens is 386 g/mol. The highest BCUT2D eigenvalue weighted by Crippen LogP contribution is 2.25. The Kier molecular flexibility index (Phi) is 7.07. The average Bonchev–Trinajstić information content (AvgIpc) is 2.70. The molecule has 0 aliphatic rings. The molecule has 0 heterocycles. The van der Waals surface area contributed by atoms with Gasteiger partial charge in [-0.1, -0.05) is 38.1 Å². The molecule has 28 heavy (non-hydrogen) atoms. The molecule has 1 amide bonds. The van der Waals surface area contributed by atoms with E-state index < -0.39 is 27.5 Å². The van der Waals surface area contributed by atoms with Crippen LogP contribution in [0.3, 0.4) is 0 Å². The highest BCUT2D eigenvalue weighted by Gasteiger charge is 2.18. The maximum atomic E-state index is 12.2. The van der Waals surface area contributed by atoms with Crippen LogP contribution in [0.5, 0.6) is 5.75 Å². The zero-order valence-electron chi connectivity index (χ0n) is 15.4. The average molecular weight is 407 g/mol. The molecule has 0 bridgehead atoms. The Morgan fingerprint density at radius 2 is 1.82 bits per heavy atom. The van der Waals surface area contributed by atoms with Crippen LogP contribution >= 0.6 is 0 Å². The largest absolute Gasteiger partial charge is 0.477 e. The van der Waals surface area contributed by atoms with Gasteiger partial charge in [-0.15, -0.1) is 4.83 Å². The molecule has 0 aromatic heterocycles. The van der Waals surface area contributed by atoms with Gasteiger partial charge >= 0.3 is 5.69 Å². The number of hydrazine groups is 1. The summed E-state index contributed by atoms with van der Waals surface area (Å²) in [6.45, 7) is 3.48. The molecular formula is C18H21N3O6S. The lowest BCUT2D eigenvalue weighted by molar-refractivity contribution is -0.385. The maximum absolute atomic E-state index is 12.2. The van der Waals surface area contributed by atoms with E-state index in [1.54, 1.807) is 12.1 Å². The molecule has 10 heteroatoms. The third-order valence-electron chi connectivity index (χ3n) is 4.12. The molecule has 9 nitrogen and oxygen atoms in total. The maximum Gasteiger partial charge on any atom is 0.310 e. The number of nitrogens with zero attached hydrogens (tertiary/aromatic N) is 1. The van der Waals surface area contributed by atoms with E-state index >= 15 is 0 Å². The summed E-state index contributed by atoms with van der Waals surface area (Å²) in [5.41, 5.74) is 2.74. The number of nitro groups is 1. The van der Waals surface area contributed by atoms with Gasteiger partial charge in [-0.3, -0.25) is 20.3 Å². The highest BCUT2D eigenvalue weighted by molar-refractivity contribution is 7.89. The van der Waals surface area contributed by atoms with E-state index in [2.05, 4.69) is 0 Å². The number of benzene rings is 2. The summed E-state index contributed by atoms with van der Waals surface area (Å²) in [6.07, 6.45) is 0.931. The molecule has 2 rings (SSSR count). The second kappa shape index (κ2) is 9.29. The molecule has 0 fully saturated rings. The van der Waals surface area contributed by atoms with E-state index in [1.807, 2.05) is 24.1 Å². The Balaban J connectivity index is 1.94. The van der Waals surface area contributed by atoms with Crippen LogP contribution in [0.15, 0.2) is 53.4 Å². The van der Waals surface area contributed by atoms with Crippen LogP contribution < -0.4 is 15.0 Å². The number of rotatable bonds is 9. The second-order valence-electron chi connectivity index (χ2n) is 6.05. The summed E-state index contributed by atoms with van der Waals surface area (Å²) >= 11 is 0. The Morgan fingerprint density at radius 3 is 2.43 bits per heavy atom. The predicted molar refractivity (Wildman–Crippen MR) is 102 cm³/mol. The first-order valence-corrected chi connectivity index (χ1v) is 9.99. The first-order chi connectivity index (χ1) is 13.2. The summed E-state index contributed by atoms with van der Waals surface area (Å²) in [6, 6.07) is 11.9. The number of hydrogen-bond acceptors (Lipinski definition) is 6. The third-order valence-corrected chi connectivity index (χ3v) is 5.38. The zero-order valence-corrected chi connectivity index (χ0v) is 16.2. The minimum absolute atomic E-state index is 0.000492. The Labute approximate surface area is 162 Å². The Bertz CT molecular complexity index is 944. The van der Waals surface area contributed by atoms with Gasteiger partial charge in [-0.05, 0) is 36.1 Å². The van der Waals surface area contributed by atoms with Gasteiger partial charge in [0.05, 0.1) is 9.82 Å². The fraction of sp³-hybridized carbons (Fsp3) is 0.278. The van der Waals surface area contributed by atoms with E-state index in [4.69, 9.17) is 4.74 Å². The fourth-order valence-corrected chi connectivity index (χ4v) is 3.16. The number of carbonyl (C=O) groups excluding carboxylic acids is 1. The Hall–Kier alpha value is -2.98. The molecule has 0 aliphatic heterocycles. The van der Waals surface area contributed by atoms with Crippen LogP contribution in [-0.4, -0.2) is 25.9 Å². The number of nitro benzene ring substituents is 1. The van der Waals surface area contributed by atoms with Crippen LogP contribution in [0.25, 0.3) is 0 Å². The molecule has 0 saturated heterocycles. The number of para-hydroxylation sites is 2. The molecule has 0 aliphatic carbocycles. The van der Waals surface area contributed by atoms with E-state index in [1.165, 1.54) is 36.4 Å². The fourth-order valence-electron chi connectivity index (χ4n) is 2.30. The lowest BCUT2D eigenvalue weighted by Gasteiger charge is -2.12. The molecule has 2 aromatic carbocycles. The number of nitrogens with one attached hydrogen (secondary N) is 2. The van der Waals surface area contributed by atoms with E-state index in [0.29, 0.717) is 5.92 Å². The van der Waals surface area contributed by atoms with Gasteiger partial charge in [0.15, 0.2) is 12.4 Å². The smallest absolute Gasteiger partial charge is 0.310 e. The van der Waals surface area contributed by atoms with Crippen LogP contribution in [0, 0.1) is 10.1 Å². The third kappa shape index (κ3) is 5.51. The lowest BCUT2D eigenvalue weighted by atomic mass is 9.99. The van der Waals surface area contributed by atoms with Crippen molar-refractivity contribution in [2.24, 2.45) is 0 Å². The molecule has 1 atom stereocenters.